The summed E-state index contributed by atoms with van der Waals surface area (Å²) in [5.74, 6) is -0.276. The maximum atomic E-state index is 13.6. The lowest BCUT2D eigenvalue weighted by molar-refractivity contribution is -0.128. The Labute approximate surface area is 191 Å². The van der Waals surface area contributed by atoms with E-state index in [1.54, 1.807) is 36.2 Å². The summed E-state index contributed by atoms with van der Waals surface area (Å²) in [5.41, 5.74) is 5.34. The number of aryl methyl sites for hydroxylation is 4. The monoisotopic (exact) mass is 450 g/mol. The zero-order chi connectivity index (χ0) is 23.5. The smallest absolute Gasteiger partial charge is 0.264 e. The van der Waals surface area contributed by atoms with Crippen molar-refractivity contribution in [3.63, 3.8) is 0 Å². The van der Waals surface area contributed by atoms with Crippen LogP contribution in [0.2, 0.25) is 0 Å². The van der Waals surface area contributed by atoms with E-state index in [0.29, 0.717) is 12.2 Å². The van der Waals surface area contributed by atoms with Crippen molar-refractivity contribution in [2.75, 3.05) is 17.9 Å². The Bertz CT molecular complexity index is 1200. The first-order chi connectivity index (χ1) is 15.1. The van der Waals surface area contributed by atoms with Crippen molar-refractivity contribution >= 4 is 21.6 Å². The van der Waals surface area contributed by atoms with E-state index in [1.165, 1.54) is 4.31 Å². The average molecular weight is 451 g/mol. The van der Waals surface area contributed by atoms with Crippen molar-refractivity contribution in [3.8, 4) is 0 Å². The van der Waals surface area contributed by atoms with Gasteiger partial charge in [-0.3, -0.25) is 9.10 Å². The molecule has 0 bridgehead atoms. The van der Waals surface area contributed by atoms with E-state index in [9.17, 15) is 13.2 Å². The zero-order valence-electron chi connectivity index (χ0n) is 19.3. The summed E-state index contributed by atoms with van der Waals surface area (Å²) < 4.78 is 28.5. The number of hydrogen-bond acceptors (Lipinski definition) is 3. The Balaban J connectivity index is 1.95. The van der Waals surface area contributed by atoms with Crippen LogP contribution in [0.5, 0.6) is 0 Å². The third-order valence-corrected chi connectivity index (χ3v) is 7.26. The van der Waals surface area contributed by atoms with Crippen LogP contribution >= 0.6 is 0 Å². The van der Waals surface area contributed by atoms with Crippen LogP contribution in [0.25, 0.3) is 0 Å². The number of likely N-dealkylation sites (N-methyl/N-ethyl adjacent to an activating group) is 1. The summed E-state index contributed by atoms with van der Waals surface area (Å²) in [5, 5.41) is 0. The molecule has 0 unspecified atom stereocenters. The van der Waals surface area contributed by atoms with E-state index >= 15 is 0 Å². The van der Waals surface area contributed by atoms with Gasteiger partial charge in [0.15, 0.2) is 0 Å². The molecular weight excluding hydrogens is 420 g/mol. The van der Waals surface area contributed by atoms with E-state index in [0.717, 1.165) is 27.8 Å². The van der Waals surface area contributed by atoms with Crippen LogP contribution < -0.4 is 4.31 Å². The molecule has 0 aliphatic carbocycles. The summed E-state index contributed by atoms with van der Waals surface area (Å²) in [6, 6.07) is 20.3. The highest BCUT2D eigenvalue weighted by Crippen LogP contribution is 2.28. The quantitative estimate of drug-likeness (QED) is 0.521. The van der Waals surface area contributed by atoms with Gasteiger partial charge in [0, 0.05) is 13.6 Å². The van der Waals surface area contributed by atoms with Crippen molar-refractivity contribution in [3.05, 3.63) is 94.5 Å². The largest absolute Gasteiger partial charge is 0.340 e. The molecule has 0 aliphatic heterocycles. The van der Waals surface area contributed by atoms with Crippen LogP contribution in [-0.2, 0) is 21.4 Å². The molecule has 1 amide bonds. The SMILES string of the molecule is Cc1ccc(CN(C)C(=O)CN(c2cc(C)ccc2C)S(=O)(=O)c2ccc(C)cc2)cc1. The van der Waals surface area contributed by atoms with Crippen LogP contribution in [0.3, 0.4) is 0 Å². The highest BCUT2D eigenvalue weighted by atomic mass is 32.2. The summed E-state index contributed by atoms with van der Waals surface area (Å²) in [6.07, 6.45) is 0. The van der Waals surface area contributed by atoms with Gasteiger partial charge in [0.05, 0.1) is 10.6 Å². The van der Waals surface area contributed by atoms with Crippen molar-refractivity contribution in [2.24, 2.45) is 0 Å². The number of carbonyl (C=O) groups excluding carboxylic acids is 1. The Morgan fingerprint density at radius 3 is 1.91 bits per heavy atom. The second kappa shape index (κ2) is 9.57. The number of benzene rings is 3. The van der Waals surface area contributed by atoms with Gasteiger partial charge in [-0.25, -0.2) is 8.42 Å². The normalized spacial score (nSPS) is 11.3. The Kier molecular flexibility index (Phi) is 7.04. The third-order valence-electron chi connectivity index (χ3n) is 5.49. The minimum Gasteiger partial charge on any atom is -0.340 e. The van der Waals surface area contributed by atoms with Gasteiger partial charge in [-0.2, -0.15) is 0 Å². The number of carbonyl (C=O) groups is 1. The fourth-order valence-electron chi connectivity index (χ4n) is 3.42. The molecule has 0 aliphatic rings. The first-order valence-electron chi connectivity index (χ1n) is 10.5. The topological polar surface area (TPSA) is 57.7 Å². The highest BCUT2D eigenvalue weighted by molar-refractivity contribution is 7.92. The lowest BCUT2D eigenvalue weighted by Crippen LogP contribution is -2.41. The minimum absolute atomic E-state index is 0.165. The van der Waals surface area contributed by atoms with E-state index < -0.39 is 10.0 Å². The predicted octanol–water partition coefficient (Wildman–Crippen LogP) is 4.77. The summed E-state index contributed by atoms with van der Waals surface area (Å²) >= 11 is 0. The molecule has 0 saturated carbocycles. The third kappa shape index (κ3) is 5.37. The van der Waals surface area contributed by atoms with Crippen LogP contribution in [-0.4, -0.2) is 32.8 Å². The second-order valence-electron chi connectivity index (χ2n) is 8.35. The molecule has 3 aromatic carbocycles. The number of anilines is 1. The summed E-state index contributed by atoms with van der Waals surface area (Å²) in [4.78, 5) is 14.9. The van der Waals surface area contributed by atoms with Gasteiger partial charge in [-0.05, 0) is 62.6 Å². The molecule has 0 saturated heterocycles. The predicted molar refractivity (Wildman–Crippen MR) is 129 cm³/mol. The lowest BCUT2D eigenvalue weighted by atomic mass is 10.1. The molecule has 0 heterocycles. The molecule has 32 heavy (non-hydrogen) atoms. The fourth-order valence-corrected chi connectivity index (χ4v) is 4.89. The highest BCUT2D eigenvalue weighted by Gasteiger charge is 2.29. The molecule has 3 aromatic rings. The van der Waals surface area contributed by atoms with Crippen molar-refractivity contribution in [2.45, 2.75) is 39.1 Å². The lowest BCUT2D eigenvalue weighted by Gasteiger charge is -2.28. The van der Waals surface area contributed by atoms with Gasteiger partial charge in [-0.15, -0.1) is 0 Å². The molecule has 5 nitrogen and oxygen atoms in total. The van der Waals surface area contributed by atoms with E-state index in [1.807, 2.05) is 70.2 Å². The standard InChI is InChI=1S/C26H30N2O3S/c1-19-7-12-23(13-8-19)17-27(5)26(29)18-28(25-16-21(3)6-11-22(25)4)32(30,31)24-14-9-20(2)10-15-24/h6-16H,17-18H2,1-5H3. The molecule has 168 valence electrons. The van der Waals surface area contributed by atoms with Crippen LogP contribution in [0.1, 0.15) is 27.8 Å². The Morgan fingerprint density at radius 2 is 1.31 bits per heavy atom. The number of nitrogens with zero attached hydrogens (tertiary/aromatic N) is 2. The number of hydrogen-bond donors (Lipinski definition) is 0. The number of rotatable bonds is 7. The molecule has 0 aromatic heterocycles. The zero-order valence-corrected chi connectivity index (χ0v) is 20.1. The van der Waals surface area contributed by atoms with E-state index in [2.05, 4.69) is 0 Å². The van der Waals surface area contributed by atoms with Gasteiger partial charge in [0.25, 0.3) is 10.0 Å². The van der Waals surface area contributed by atoms with Crippen molar-refractivity contribution in [1.82, 2.24) is 4.90 Å². The minimum atomic E-state index is -3.93. The van der Waals surface area contributed by atoms with Gasteiger partial charge in [0.2, 0.25) is 5.91 Å². The molecule has 0 N–H and O–H groups in total. The maximum Gasteiger partial charge on any atom is 0.264 e. The first kappa shape index (κ1) is 23.5. The number of sulfonamides is 1. The van der Waals surface area contributed by atoms with Crippen LogP contribution in [0, 0.1) is 27.7 Å². The van der Waals surface area contributed by atoms with Gasteiger partial charge in [-0.1, -0.05) is 59.7 Å². The second-order valence-corrected chi connectivity index (χ2v) is 10.2. The van der Waals surface area contributed by atoms with Crippen molar-refractivity contribution < 1.29 is 13.2 Å². The molecule has 0 fully saturated rings. The van der Waals surface area contributed by atoms with Crippen LogP contribution in [0.4, 0.5) is 5.69 Å². The van der Waals surface area contributed by atoms with Crippen LogP contribution in [0.15, 0.2) is 71.6 Å². The molecular formula is C26H30N2O3S. The maximum absolute atomic E-state index is 13.6. The van der Waals surface area contributed by atoms with Crippen molar-refractivity contribution in [1.29, 1.82) is 0 Å². The molecule has 6 heteroatoms. The number of amides is 1. The van der Waals surface area contributed by atoms with E-state index in [-0.39, 0.29) is 17.3 Å². The summed E-state index contributed by atoms with van der Waals surface area (Å²) in [7, 11) is -2.23. The first-order valence-corrected chi connectivity index (χ1v) is 12.0. The Hall–Kier alpha value is -3.12. The molecule has 0 radical (unpaired) electrons. The molecule has 0 spiro atoms. The van der Waals surface area contributed by atoms with E-state index in [4.69, 9.17) is 0 Å². The summed E-state index contributed by atoms with van der Waals surface area (Å²) in [6.45, 7) is 7.81. The van der Waals surface area contributed by atoms with Gasteiger partial charge >= 0.3 is 0 Å². The fraction of sp³-hybridized carbons (Fsp3) is 0.269. The molecule has 0 atom stereocenters. The molecule has 3 rings (SSSR count). The van der Waals surface area contributed by atoms with Gasteiger partial charge in [0.1, 0.15) is 6.54 Å². The Morgan fingerprint density at radius 1 is 0.781 bits per heavy atom. The van der Waals surface area contributed by atoms with Gasteiger partial charge < -0.3 is 4.90 Å². The average Bonchev–Trinajstić information content (AvgIpc) is 2.75.